The molecule has 0 unspecified atom stereocenters. The lowest BCUT2D eigenvalue weighted by Crippen LogP contribution is -2.07. The second kappa shape index (κ2) is 5.91. The minimum absolute atomic E-state index is 0.0524. The molecular formula is C12H11N3O5. The monoisotopic (exact) mass is 277 g/mol. The van der Waals surface area contributed by atoms with Gasteiger partial charge in [0.05, 0.1) is 11.5 Å². The van der Waals surface area contributed by atoms with E-state index in [0.717, 1.165) is 0 Å². The van der Waals surface area contributed by atoms with Crippen LogP contribution in [0.1, 0.15) is 12.8 Å². The number of rotatable bonds is 5. The lowest BCUT2D eigenvalue weighted by Gasteiger charge is -1.97. The highest BCUT2D eigenvalue weighted by molar-refractivity contribution is 5.72. The van der Waals surface area contributed by atoms with E-state index in [-0.39, 0.29) is 36.0 Å². The molecule has 0 aliphatic carbocycles. The molecule has 0 aliphatic rings. The van der Waals surface area contributed by atoms with Crippen LogP contribution in [0.2, 0.25) is 0 Å². The van der Waals surface area contributed by atoms with Gasteiger partial charge in [0.2, 0.25) is 11.7 Å². The first-order valence-corrected chi connectivity index (χ1v) is 5.83. The topological polar surface area (TPSA) is 108 Å². The molecule has 0 spiro atoms. The Kier molecular flexibility index (Phi) is 4.04. The van der Waals surface area contributed by atoms with Crippen molar-refractivity contribution in [3.8, 4) is 11.4 Å². The molecule has 0 bridgehead atoms. The predicted molar refractivity (Wildman–Crippen MR) is 66.7 cm³/mol. The summed E-state index contributed by atoms with van der Waals surface area (Å²) in [5.41, 5.74) is 0.104. The van der Waals surface area contributed by atoms with Crippen LogP contribution in [0.15, 0.2) is 28.8 Å². The number of nitro benzene ring substituents is 1. The molecule has 0 saturated heterocycles. The Morgan fingerprint density at radius 3 is 2.90 bits per heavy atom. The Morgan fingerprint density at radius 1 is 1.45 bits per heavy atom. The lowest BCUT2D eigenvalue weighted by atomic mass is 10.2. The summed E-state index contributed by atoms with van der Waals surface area (Å²) in [5.74, 6) is -0.376. The SMILES string of the molecule is CCOC(=O)Cc1nc(-c2ccccc2[N+](=O)[O-])no1. The van der Waals surface area contributed by atoms with Gasteiger partial charge in [-0.25, -0.2) is 0 Å². The van der Waals surface area contributed by atoms with Crippen molar-refractivity contribution in [1.82, 2.24) is 10.1 Å². The summed E-state index contributed by atoms with van der Waals surface area (Å²) in [6, 6.07) is 6.03. The predicted octanol–water partition coefficient (Wildman–Crippen LogP) is 1.75. The number of carbonyl (C=O) groups excluding carboxylic acids is 1. The van der Waals surface area contributed by atoms with Crippen LogP contribution >= 0.6 is 0 Å². The highest BCUT2D eigenvalue weighted by atomic mass is 16.6. The summed E-state index contributed by atoms with van der Waals surface area (Å²) in [5, 5.41) is 14.6. The number of aromatic nitrogens is 2. The van der Waals surface area contributed by atoms with Crippen molar-refractivity contribution in [3.63, 3.8) is 0 Å². The maximum absolute atomic E-state index is 11.3. The first kappa shape index (κ1) is 13.7. The Hall–Kier alpha value is -2.77. The average molecular weight is 277 g/mol. The highest BCUT2D eigenvalue weighted by Crippen LogP contribution is 2.27. The molecule has 2 aromatic rings. The van der Waals surface area contributed by atoms with Crippen molar-refractivity contribution >= 4 is 11.7 Å². The molecule has 2 rings (SSSR count). The molecule has 0 N–H and O–H groups in total. The van der Waals surface area contributed by atoms with E-state index < -0.39 is 10.9 Å². The van der Waals surface area contributed by atoms with Gasteiger partial charge >= 0.3 is 5.97 Å². The number of carbonyl (C=O) groups is 1. The molecule has 8 heteroatoms. The van der Waals surface area contributed by atoms with Crippen molar-refractivity contribution in [3.05, 3.63) is 40.3 Å². The van der Waals surface area contributed by atoms with E-state index >= 15 is 0 Å². The van der Waals surface area contributed by atoms with Gasteiger partial charge < -0.3 is 9.26 Å². The Morgan fingerprint density at radius 2 is 2.20 bits per heavy atom. The first-order valence-electron chi connectivity index (χ1n) is 5.83. The van der Waals surface area contributed by atoms with Crippen molar-refractivity contribution in [2.24, 2.45) is 0 Å². The summed E-state index contributed by atoms with van der Waals surface area (Å²) in [7, 11) is 0. The fourth-order valence-electron chi connectivity index (χ4n) is 1.59. The Labute approximate surface area is 113 Å². The second-order valence-electron chi connectivity index (χ2n) is 3.77. The van der Waals surface area contributed by atoms with Crippen LogP contribution in [0.4, 0.5) is 5.69 Å². The molecule has 20 heavy (non-hydrogen) atoms. The van der Waals surface area contributed by atoms with Crippen LogP contribution in [0.25, 0.3) is 11.4 Å². The quantitative estimate of drug-likeness (QED) is 0.465. The lowest BCUT2D eigenvalue weighted by molar-refractivity contribution is -0.384. The van der Waals surface area contributed by atoms with E-state index in [0.29, 0.717) is 0 Å². The van der Waals surface area contributed by atoms with Gasteiger partial charge in [0, 0.05) is 6.07 Å². The van der Waals surface area contributed by atoms with E-state index in [1.54, 1.807) is 19.1 Å². The van der Waals surface area contributed by atoms with Crippen LogP contribution in [0.5, 0.6) is 0 Å². The molecule has 0 amide bonds. The molecule has 1 aromatic heterocycles. The normalized spacial score (nSPS) is 10.2. The van der Waals surface area contributed by atoms with Gasteiger partial charge in [-0.1, -0.05) is 17.3 Å². The zero-order chi connectivity index (χ0) is 14.5. The van der Waals surface area contributed by atoms with E-state index in [9.17, 15) is 14.9 Å². The van der Waals surface area contributed by atoms with Gasteiger partial charge in [-0.2, -0.15) is 4.98 Å². The van der Waals surface area contributed by atoms with Crippen LogP contribution in [0.3, 0.4) is 0 Å². The summed E-state index contributed by atoms with van der Waals surface area (Å²) >= 11 is 0. The van der Waals surface area contributed by atoms with E-state index in [1.165, 1.54) is 12.1 Å². The van der Waals surface area contributed by atoms with Crippen LogP contribution in [0, 0.1) is 10.1 Å². The number of nitro groups is 1. The van der Waals surface area contributed by atoms with E-state index in [4.69, 9.17) is 9.26 Å². The maximum Gasteiger partial charge on any atom is 0.315 e. The fraction of sp³-hybridized carbons (Fsp3) is 0.250. The van der Waals surface area contributed by atoms with E-state index in [1.807, 2.05) is 0 Å². The first-order chi connectivity index (χ1) is 9.61. The van der Waals surface area contributed by atoms with E-state index in [2.05, 4.69) is 10.1 Å². The molecule has 0 radical (unpaired) electrons. The Bertz CT molecular complexity index is 638. The van der Waals surface area contributed by atoms with Gasteiger partial charge in [-0.15, -0.1) is 0 Å². The van der Waals surface area contributed by atoms with Crippen molar-refractivity contribution in [2.75, 3.05) is 6.61 Å². The molecule has 0 fully saturated rings. The molecule has 0 atom stereocenters. The highest BCUT2D eigenvalue weighted by Gasteiger charge is 2.20. The maximum atomic E-state index is 11.3. The minimum atomic E-state index is -0.531. The fourth-order valence-corrected chi connectivity index (χ4v) is 1.59. The Balaban J connectivity index is 2.25. The third kappa shape index (κ3) is 2.97. The smallest absolute Gasteiger partial charge is 0.315 e. The number of nitrogens with zero attached hydrogens (tertiary/aromatic N) is 3. The number of esters is 1. The van der Waals surface area contributed by atoms with Crippen molar-refractivity contribution < 1.29 is 19.0 Å². The van der Waals surface area contributed by atoms with Gasteiger partial charge in [-0.05, 0) is 13.0 Å². The van der Waals surface area contributed by atoms with Gasteiger partial charge in [0.1, 0.15) is 12.0 Å². The molecule has 104 valence electrons. The zero-order valence-electron chi connectivity index (χ0n) is 10.6. The number of benzene rings is 1. The van der Waals surface area contributed by atoms with Gasteiger partial charge in [-0.3, -0.25) is 14.9 Å². The molecule has 1 aromatic carbocycles. The molecule has 8 nitrogen and oxygen atoms in total. The van der Waals surface area contributed by atoms with Crippen molar-refractivity contribution in [1.29, 1.82) is 0 Å². The summed E-state index contributed by atoms with van der Waals surface area (Å²) < 4.78 is 9.63. The molecule has 0 aliphatic heterocycles. The average Bonchev–Trinajstić information content (AvgIpc) is 2.87. The molecule has 0 saturated carbocycles. The van der Waals surface area contributed by atoms with Crippen LogP contribution in [-0.4, -0.2) is 27.6 Å². The van der Waals surface area contributed by atoms with Crippen LogP contribution in [-0.2, 0) is 16.0 Å². The summed E-state index contributed by atoms with van der Waals surface area (Å²) in [6.45, 7) is 1.94. The third-order valence-electron chi connectivity index (χ3n) is 2.41. The second-order valence-corrected chi connectivity index (χ2v) is 3.77. The van der Waals surface area contributed by atoms with Gasteiger partial charge in [0.15, 0.2) is 0 Å². The third-order valence-corrected chi connectivity index (χ3v) is 2.41. The molecular weight excluding hydrogens is 266 g/mol. The van der Waals surface area contributed by atoms with Crippen molar-refractivity contribution in [2.45, 2.75) is 13.3 Å². The van der Waals surface area contributed by atoms with Crippen LogP contribution < -0.4 is 0 Å². The summed E-state index contributed by atoms with van der Waals surface area (Å²) in [6.07, 6.45) is -0.165. The number of hydrogen-bond donors (Lipinski definition) is 0. The largest absolute Gasteiger partial charge is 0.466 e. The zero-order valence-corrected chi connectivity index (χ0v) is 10.6. The number of ether oxygens (including phenoxy) is 1. The minimum Gasteiger partial charge on any atom is -0.466 e. The summed E-state index contributed by atoms with van der Waals surface area (Å²) in [4.78, 5) is 25.6. The number of para-hydroxylation sites is 1. The van der Waals surface area contributed by atoms with Gasteiger partial charge in [0.25, 0.3) is 5.69 Å². The molecule has 1 heterocycles. The number of hydrogen-bond acceptors (Lipinski definition) is 7. The standard InChI is InChI=1S/C12H11N3O5/c1-2-19-11(16)7-10-13-12(14-20-10)8-5-3-4-6-9(8)15(17)18/h3-6H,2,7H2,1H3.